The largest absolute Gasteiger partial charge is 0.497 e. The molecule has 0 bridgehead atoms. The van der Waals surface area contributed by atoms with Gasteiger partial charge in [0.2, 0.25) is 0 Å². The number of ether oxygens (including phenoxy) is 1. The highest BCUT2D eigenvalue weighted by molar-refractivity contribution is 5.28. The van der Waals surface area contributed by atoms with Crippen LogP contribution in [0.4, 0.5) is 0 Å². The molecule has 0 spiro atoms. The molecule has 0 saturated heterocycles. The summed E-state index contributed by atoms with van der Waals surface area (Å²) in [5.41, 5.74) is 9.37. The smallest absolute Gasteiger partial charge is 0.119 e. The predicted octanol–water partition coefficient (Wildman–Crippen LogP) is 2.83. The predicted molar refractivity (Wildman–Crippen MR) is 68.0 cm³/mol. The second-order valence-electron chi connectivity index (χ2n) is 3.90. The molecule has 0 saturated carbocycles. The molecule has 5 nitrogen and oxygen atoms in total. The van der Waals surface area contributed by atoms with Gasteiger partial charge in [0.15, 0.2) is 0 Å². The van der Waals surface area contributed by atoms with Gasteiger partial charge in [-0.1, -0.05) is 17.2 Å². The molecule has 1 aromatic carbocycles. The summed E-state index contributed by atoms with van der Waals surface area (Å²) in [6, 6.07) is 8.03. The number of azide groups is 1. The van der Waals surface area contributed by atoms with E-state index in [1.54, 1.807) is 7.11 Å². The Morgan fingerprint density at radius 2 is 2.29 bits per heavy atom. The third-order valence-corrected chi connectivity index (χ3v) is 2.45. The molecule has 0 heterocycles. The fraction of sp³-hybridized carbons (Fsp3) is 0.500. The van der Waals surface area contributed by atoms with Gasteiger partial charge in [0, 0.05) is 18.0 Å². The highest BCUT2D eigenvalue weighted by atomic mass is 16.5. The molecule has 0 aliphatic heterocycles. The first-order valence-corrected chi connectivity index (χ1v) is 5.58. The zero-order chi connectivity index (χ0) is 12.5. The van der Waals surface area contributed by atoms with Gasteiger partial charge in [0.1, 0.15) is 5.75 Å². The summed E-state index contributed by atoms with van der Waals surface area (Å²) in [7, 11) is 3.72. The van der Waals surface area contributed by atoms with Crippen LogP contribution in [-0.4, -0.2) is 32.1 Å². The average molecular weight is 234 g/mol. The molecule has 1 rings (SSSR count). The number of hydrogen-bond acceptors (Lipinski definition) is 3. The monoisotopic (exact) mass is 234 g/mol. The van der Waals surface area contributed by atoms with E-state index in [4.69, 9.17) is 10.3 Å². The first-order chi connectivity index (χ1) is 8.26. The van der Waals surface area contributed by atoms with E-state index in [9.17, 15) is 0 Å². The van der Waals surface area contributed by atoms with Crippen molar-refractivity contribution >= 4 is 0 Å². The molecule has 0 aliphatic carbocycles. The zero-order valence-corrected chi connectivity index (χ0v) is 10.3. The average Bonchev–Trinajstić information content (AvgIpc) is 2.35. The molecular formula is C12H18N4O. The molecule has 0 atom stereocenters. The van der Waals surface area contributed by atoms with Crippen molar-refractivity contribution in [2.75, 3.05) is 27.2 Å². The van der Waals surface area contributed by atoms with Gasteiger partial charge in [0.25, 0.3) is 0 Å². The van der Waals surface area contributed by atoms with Crippen molar-refractivity contribution in [1.29, 1.82) is 0 Å². The van der Waals surface area contributed by atoms with Crippen molar-refractivity contribution in [2.45, 2.75) is 13.0 Å². The lowest BCUT2D eigenvalue weighted by molar-refractivity contribution is 0.323. The second-order valence-corrected chi connectivity index (χ2v) is 3.90. The third kappa shape index (κ3) is 5.24. The van der Waals surface area contributed by atoms with Crippen LogP contribution in [0.1, 0.15) is 12.0 Å². The maximum Gasteiger partial charge on any atom is 0.119 e. The molecule has 5 heteroatoms. The number of hydrogen-bond donors (Lipinski definition) is 0. The van der Waals surface area contributed by atoms with E-state index in [0.717, 1.165) is 25.3 Å². The number of nitrogens with zero attached hydrogens (tertiary/aromatic N) is 4. The van der Waals surface area contributed by atoms with Crippen LogP contribution in [0.3, 0.4) is 0 Å². The SMILES string of the molecule is COc1cccc(CN(C)CCCN=[N+]=[N-])c1. The lowest BCUT2D eigenvalue weighted by atomic mass is 10.2. The highest BCUT2D eigenvalue weighted by Crippen LogP contribution is 2.13. The van der Waals surface area contributed by atoms with Crippen LogP contribution in [-0.2, 0) is 6.54 Å². The minimum atomic E-state index is 0.555. The van der Waals surface area contributed by atoms with Gasteiger partial charge in [-0.15, -0.1) is 0 Å². The Bertz CT molecular complexity index is 388. The molecule has 1 aromatic rings. The van der Waals surface area contributed by atoms with E-state index >= 15 is 0 Å². The van der Waals surface area contributed by atoms with Gasteiger partial charge in [0.05, 0.1) is 7.11 Å². The summed E-state index contributed by atoms with van der Waals surface area (Å²) < 4.78 is 5.18. The van der Waals surface area contributed by atoms with E-state index in [0.29, 0.717) is 6.54 Å². The molecule has 92 valence electrons. The topological polar surface area (TPSA) is 61.2 Å². The quantitative estimate of drug-likeness (QED) is 0.315. The zero-order valence-electron chi connectivity index (χ0n) is 10.3. The Labute approximate surface area is 102 Å². The van der Waals surface area contributed by atoms with Gasteiger partial charge in [-0.2, -0.15) is 0 Å². The van der Waals surface area contributed by atoms with Crippen LogP contribution in [0.15, 0.2) is 29.4 Å². The van der Waals surface area contributed by atoms with Crippen LogP contribution < -0.4 is 4.74 Å². The van der Waals surface area contributed by atoms with Gasteiger partial charge in [-0.25, -0.2) is 0 Å². The van der Waals surface area contributed by atoms with Crippen LogP contribution in [0.2, 0.25) is 0 Å². The minimum Gasteiger partial charge on any atom is -0.497 e. The highest BCUT2D eigenvalue weighted by Gasteiger charge is 2.01. The Hall–Kier alpha value is -1.71. The Kier molecular flexibility index (Phi) is 5.93. The van der Waals surface area contributed by atoms with E-state index in [1.807, 2.05) is 18.2 Å². The lowest BCUT2D eigenvalue weighted by Crippen LogP contribution is -2.19. The van der Waals surface area contributed by atoms with E-state index in [2.05, 4.69) is 28.0 Å². The fourth-order valence-electron chi connectivity index (χ4n) is 1.62. The van der Waals surface area contributed by atoms with Crippen LogP contribution in [0, 0.1) is 0 Å². The first kappa shape index (κ1) is 13.4. The number of rotatable bonds is 7. The molecule has 0 fully saturated rings. The Morgan fingerprint density at radius 1 is 1.47 bits per heavy atom. The van der Waals surface area contributed by atoms with Crippen LogP contribution in [0.5, 0.6) is 5.75 Å². The number of benzene rings is 1. The van der Waals surface area contributed by atoms with E-state index in [-0.39, 0.29) is 0 Å². The van der Waals surface area contributed by atoms with Gasteiger partial charge >= 0.3 is 0 Å². The summed E-state index contributed by atoms with van der Waals surface area (Å²) >= 11 is 0. The maximum atomic E-state index is 8.16. The summed E-state index contributed by atoms with van der Waals surface area (Å²) in [4.78, 5) is 4.93. The van der Waals surface area contributed by atoms with Crippen molar-refractivity contribution in [3.8, 4) is 5.75 Å². The first-order valence-electron chi connectivity index (χ1n) is 5.58. The third-order valence-electron chi connectivity index (χ3n) is 2.45. The van der Waals surface area contributed by atoms with Gasteiger partial charge in [-0.3, -0.25) is 0 Å². The molecular weight excluding hydrogens is 216 g/mol. The van der Waals surface area contributed by atoms with E-state index < -0.39 is 0 Å². The normalized spacial score (nSPS) is 10.1. The summed E-state index contributed by atoms with van der Waals surface area (Å²) in [5, 5.41) is 3.51. The molecule has 0 N–H and O–H groups in total. The van der Waals surface area contributed by atoms with Gasteiger partial charge < -0.3 is 9.64 Å². The Balaban J connectivity index is 2.38. The van der Waals surface area contributed by atoms with Crippen LogP contribution >= 0.6 is 0 Å². The van der Waals surface area contributed by atoms with Crippen molar-refractivity contribution in [3.05, 3.63) is 40.3 Å². The van der Waals surface area contributed by atoms with Crippen LogP contribution in [0.25, 0.3) is 10.4 Å². The second kappa shape index (κ2) is 7.54. The van der Waals surface area contributed by atoms with Crippen molar-refractivity contribution in [3.63, 3.8) is 0 Å². The molecule has 0 radical (unpaired) electrons. The van der Waals surface area contributed by atoms with Crippen molar-refractivity contribution < 1.29 is 4.74 Å². The van der Waals surface area contributed by atoms with Gasteiger partial charge in [-0.05, 0) is 43.2 Å². The standard InChI is InChI=1S/C12H18N4O/c1-16(8-4-7-14-15-13)10-11-5-3-6-12(9-11)17-2/h3,5-6,9H,4,7-8,10H2,1-2H3. The Morgan fingerprint density at radius 3 is 3.00 bits per heavy atom. The molecule has 0 unspecified atom stereocenters. The minimum absolute atomic E-state index is 0.555. The van der Waals surface area contributed by atoms with Crippen molar-refractivity contribution in [2.24, 2.45) is 5.11 Å². The van der Waals surface area contributed by atoms with E-state index in [1.165, 1.54) is 5.56 Å². The molecule has 0 amide bonds. The molecule has 17 heavy (non-hydrogen) atoms. The molecule has 0 aromatic heterocycles. The summed E-state index contributed by atoms with van der Waals surface area (Å²) in [6.45, 7) is 2.34. The fourth-order valence-corrected chi connectivity index (χ4v) is 1.62. The van der Waals surface area contributed by atoms with Crippen molar-refractivity contribution in [1.82, 2.24) is 4.90 Å². The lowest BCUT2D eigenvalue weighted by Gasteiger charge is -2.16. The summed E-state index contributed by atoms with van der Waals surface area (Å²) in [6.07, 6.45) is 0.879. The molecule has 0 aliphatic rings. The maximum absolute atomic E-state index is 8.16. The summed E-state index contributed by atoms with van der Waals surface area (Å²) in [5.74, 6) is 0.880. The number of methoxy groups -OCH3 is 1.